The molecule has 1 N–H and O–H groups in total. The molecule has 1 amide bonds. The molecular formula is C14H13ClF2N2O2. The van der Waals surface area contributed by atoms with E-state index in [0.29, 0.717) is 10.9 Å². The highest BCUT2D eigenvalue weighted by Crippen LogP contribution is 2.22. The van der Waals surface area contributed by atoms with Gasteiger partial charge in [-0.1, -0.05) is 29.8 Å². The molecule has 4 nitrogen and oxygen atoms in total. The first-order valence-electron chi connectivity index (χ1n) is 6.26. The number of rotatable bonds is 5. The minimum Gasteiger partial charge on any atom is -0.395 e. The highest BCUT2D eigenvalue weighted by Gasteiger charge is 2.21. The van der Waals surface area contributed by atoms with Crippen molar-refractivity contribution in [3.63, 3.8) is 0 Å². The Hall–Kier alpha value is -1.79. The molecule has 0 spiro atoms. The summed E-state index contributed by atoms with van der Waals surface area (Å²) >= 11 is 5.88. The average Bonchev–Trinajstić information content (AvgIpc) is 2.44. The third-order valence-corrected chi connectivity index (χ3v) is 3.12. The number of para-hydroxylation sites is 1. The van der Waals surface area contributed by atoms with E-state index in [1.807, 2.05) is 0 Å². The lowest BCUT2D eigenvalue weighted by molar-refractivity contribution is 0.0511. The van der Waals surface area contributed by atoms with Gasteiger partial charge in [0.15, 0.2) is 0 Å². The topological polar surface area (TPSA) is 53.4 Å². The molecule has 0 fully saturated rings. The van der Waals surface area contributed by atoms with Crippen LogP contribution in [0.5, 0.6) is 0 Å². The minimum absolute atomic E-state index is 0.109. The molecule has 0 aliphatic carbocycles. The number of fused-ring (bicyclic) bond motifs is 1. The lowest BCUT2D eigenvalue weighted by Gasteiger charge is -2.22. The van der Waals surface area contributed by atoms with Gasteiger partial charge in [0.1, 0.15) is 5.15 Å². The van der Waals surface area contributed by atoms with Gasteiger partial charge in [-0.25, -0.2) is 13.8 Å². The summed E-state index contributed by atoms with van der Waals surface area (Å²) in [6.45, 7) is -1.31. The largest absolute Gasteiger partial charge is 0.395 e. The quantitative estimate of drug-likeness (QED) is 0.863. The number of halogens is 3. The van der Waals surface area contributed by atoms with E-state index in [2.05, 4.69) is 4.98 Å². The third-order valence-electron chi connectivity index (χ3n) is 2.93. The number of carbonyl (C=O) groups is 1. The van der Waals surface area contributed by atoms with Crippen molar-refractivity contribution in [2.24, 2.45) is 0 Å². The van der Waals surface area contributed by atoms with Crippen LogP contribution in [0.15, 0.2) is 30.3 Å². The van der Waals surface area contributed by atoms with Gasteiger partial charge in [0.25, 0.3) is 12.3 Å². The van der Waals surface area contributed by atoms with Crippen molar-refractivity contribution in [3.8, 4) is 0 Å². The number of hydrogen-bond donors (Lipinski definition) is 1. The molecule has 0 saturated carbocycles. The van der Waals surface area contributed by atoms with Crippen molar-refractivity contribution in [2.45, 2.75) is 6.43 Å². The molecule has 112 valence electrons. The zero-order chi connectivity index (χ0) is 15.4. The van der Waals surface area contributed by atoms with Crippen molar-refractivity contribution in [1.29, 1.82) is 0 Å². The molecule has 0 radical (unpaired) electrons. The maximum Gasteiger partial charge on any atom is 0.255 e. The van der Waals surface area contributed by atoms with E-state index in [-0.39, 0.29) is 17.3 Å². The number of aliphatic hydroxyl groups excluding tert-OH is 1. The summed E-state index contributed by atoms with van der Waals surface area (Å²) in [7, 11) is 0. The summed E-state index contributed by atoms with van der Waals surface area (Å²) in [6, 6.07) is 8.16. The van der Waals surface area contributed by atoms with Gasteiger partial charge >= 0.3 is 0 Å². The molecule has 21 heavy (non-hydrogen) atoms. The molecule has 0 aliphatic heterocycles. The van der Waals surface area contributed by atoms with Gasteiger partial charge < -0.3 is 10.0 Å². The molecule has 0 saturated heterocycles. The first-order valence-corrected chi connectivity index (χ1v) is 6.64. The van der Waals surface area contributed by atoms with E-state index in [1.165, 1.54) is 6.07 Å². The van der Waals surface area contributed by atoms with Crippen LogP contribution < -0.4 is 0 Å². The van der Waals surface area contributed by atoms with Crippen LogP contribution in [0.2, 0.25) is 5.15 Å². The fourth-order valence-electron chi connectivity index (χ4n) is 2.05. The molecule has 2 rings (SSSR count). The lowest BCUT2D eigenvalue weighted by Crippen LogP contribution is -2.37. The minimum atomic E-state index is -2.68. The molecule has 2 aromatic rings. The number of nitrogens with zero attached hydrogens (tertiary/aromatic N) is 2. The summed E-state index contributed by atoms with van der Waals surface area (Å²) in [4.78, 5) is 17.4. The number of amides is 1. The number of hydrogen-bond acceptors (Lipinski definition) is 3. The number of aliphatic hydroxyl groups is 1. The molecule has 0 unspecified atom stereocenters. The Balaban J connectivity index is 2.45. The molecule has 7 heteroatoms. The van der Waals surface area contributed by atoms with Crippen LogP contribution in [0.4, 0.5) is 8.78 Å². The van der Waals surface area contributed by atoms with Gasteiger partial charge in [0, 0.05) is 11.9 Å². The standard InChI is InChI=1S/C14H13ClF2N2O2/c15-12-7-10(9-3-1-2-4-11(9)18-12)14(21)19(5-6-20)8-13(16)17/h1-4,7,13,20H,5-6,8H2. The van der Waals surface area contributed by atoms with E-state index in [4.69, 9.17) is 16.7 Å². The monoisotopic (exact) mass is 314 g/mol. The van der Waals surface area contributed by atoms with Crippen LogP contribution in [0.25, 0.3) is 10.9 Å². The molecule has 1 heterocycles. The number of carbonyl (C=O) groups excluding carboxylic acids is 1. The number of alkyl halides is 2. The predicted octanol–water partition coefficient (Wildman–Crippen LogP) is 2.59. The number of benzene rings is 1. The van der Waals surface area contributed by atoms with Crippen LogP contribution in [-0.4, -0.2) is 47.0 Å². The van der Waals surface area contributed by atoms with Crippen molar-refractivity contribution in [3.05, 3.63) is 41.0 Å². The van der Waals surface area contributed by atoms with Crippen molar-refractivity contribution in [2.75, 3.05) is 19.7 Å². The zero-order valence-electron chi connectivity index (χ0n) is 11.0. The van der Waals surface area contributed by atoms with Crippen LogP contribution in [0.3, 0.4) is 0 Å². The van der Waals surface area contributed by atoms with Gasteiger partial charge in [-0.05, 0) is 12.1 Å². The first kappa shape index (κ1) is 15.6. The van der Waals surface area contributed by atoms with Gasteiger partial charge in [-0.2, -0.15) is 0 Å². The van der Waals surface area contributed by atoms with Crippen molar-refractivity contribution >= 4 is 28.4 Å². The summed E-state index contributed by atoms with van der Waals surface area (Å²) < 4.78 is 25.1. The van der Waals surface area contributed by atoms with Crippen LogP contribution in [-0.2, 0) is 0 Å². The Kier molecular flexibility index (Phi) is 5.03. The van der Waals surface area contributed by atoms with Crippen LogP contribution >= 0.6 is 11.6 Å². The smallest absolute Gasteiger partial charge is 0.255 e. The van der Waals surface area contributed by atoms with E-state index in [9.17, 15) is 13.6 Å². The summed E-state index contributed by atoms with van der Waals surface area (Å²) in [6.07, 6.45) is -2.68. The average molecular weight is 315 g/mol. The molecule has 0 aliphatic rings. The summed E-state index contributed by atoms with van der Waals surface area (Å²) in [5.41, 5.74) is 0.703. The Labute approximate surface area is 125 Å². The predicted molar refractivity (Wildman–Crippen MR) is 75.7 cm³/mol. The van der Waals surface area contributed by atoms with Gasteiger partial charge in [-0.15, -0.1) is 0 Å². The summed E-state index contributed by atoms with van der Waals surface area (Å²) in [5.74, 6) is -0.607. The van der Waals surface area contributed by atoms with Crippen molar-refractivity contribution < 1.29 is 18.7 Å². The van der Waals surface area contributed by atoms with Crippen LogP contribution in [0, 0.1) is 0 Å². The highest BCUT2D eigenvalue weighted by atomic mass is 35.5. The Morgan fingerprint density at radius 1 is 1.38 bits per heavy atom. The van der Waals surface area contributed by atoms with E-state index >= 15 is 0 Å². The number of aromatic nitrogens is 1. The SMILES string of the molecule is O=C(c1cc(Cl)nc2ccccc12)N(CCO)CC(F)F. The van der Waals surface area contributed by atoms with E-state index in [0.717, 1.165) is 4.90 Å². The molecule has 0 bridgehead atoms. The lowest BCUT2D eigenvalue weighted by atomic mass is 10.1. The Bertz CT molecular complexity index is 652. The molecule has 1 aromatic carbocycles. The molecule has 0 atom stereocenters. The number of pyridine rings is 1. The Morgan fingerprint density at radius 2 is 2.10 bits per heavy atom. The van der Waals surface area contributed by atoms with Gasteiger partial charge in [0.2, 0.25) is 0 Å². The second kappa shape index (κ2) is 6.78. The molecule has 1 aromatic heterocycles. The van der Waals surface area contributed by atoms with Crippen molar-refractivity contribution in [1.82, 2.24) is 9.88 Å². The normalized spacial score (nSPS) is 11.1. The first-order chi connectivity index (χ1) is 10.0. The Morgan fingerprint density at radius 3 is 2.76 bits per heavy atom. The fourth-order valence-corrected chi connectivity index (χ4v) is 2.25. The highest BCUT2D eigenvalue weighted by molar-refractivity contribution is 6.30. The van der Waals surface area contributed by atoms with E-state index in [1.54, 1.807) is 24.3 Å². The zero-order valence-corrected chi connectivity index (χ0v) is 11.7. The van der Waals surface area contributed by atoms with Gasteiger partial charge in [0.05, 0.1) is 24.2 Å². The third kappa shape index (κ3) is 3.65. The van der Waals surface area contributed by atoms with Crippen LogP contribution in [0.1, 0.15) is 10.4 Å². The van der Waals surface area contributed by atoms with E-state index < -0.39 is 25.5 Å². The maximum atomic E-state index is 12.6. The summed E-state index contributed by atoms with van der Waals surface area (Å²) in [5, 5.41) is 9.58. The second-order valence-corrected chi connectivity index (χ2v) is 4.76. The van der Waals surface area contributed by atoms with Gasteiger partial charge in [-0.3, -0.25) is 4.79 Å². The second-order valence-electron chi connectivity index (χ2n) is 4.38. The molecular weight excluding hydrogens is 302 g/mol. The fraction of sp³-hybridized carbons (Fsp3) is 0.286. The maximum absolute atomic E-state index is 12.6.